The predicted molar refractivity (Wildman–Crippen MR) is 74.7 cm³/mol. The van der Waals surface area contributed by atoms with Crippen molar-refractivity contribution < 1.29 is 4.39 Å². The standard InChI is InChI=1S/C14H8FN3S/c15-8-1-2-11-10(5-8)9-3-4-17-14(13(9)18-11)12-6-16-7-19-12/h1-7,18H. The van der Waals surface area contributed by atoms with Crippen LogP contribution in [0.4, 0.5) is 4.39 Å². The second kappa shape index (κ2) is 3.86. The maximum Gasteiger partial charge on any atom is 0.123 e. The maximum atomic E-state index is 13.4. The normalized spacial score (nSPS) is 11.4. The molecule has 0 aliphatic rings. The molecule has 0 fully saturated rings. The molecule has 0 unspecified atom stereocenters. The Morgan fingerprint density at radius 3 is 2.95 bits per heavy atom. The van der Waals surface area contributed by atoms with Crippen molar-refractivity contribution in [2.24, 2.45) is 0 Å². The highest BCUT2D eigenvalue weighted by Gasteiger charge is 2.12. The van der Waals surface area contributed by atoms with E-state index in [1.807, 2.05) is 6.07 Å². The van der Waals surface area contributed by atoms with E-state index in [9.17, 15) is 4.39 Å². The number of fused-ring (bicyclic) bond motifs is 3. The van der Waals surface area contributed by atoms with Gasteiger partial charge in [0, 0.05) is 28.7 Å². The van der Waals surface area contributed by atoms with E-state index in [-0.39, 0.29) is 5.82 Å². The summed E-state index contributed by atoms with van der Waals surface area (Å²) in [6.07, 6.45) is 3.54. The molecular formula is C14H8FN3S. The minimum Gasteiger partial charge on any atom is -0.353 e. The Morgan fingerprint density at radius 2 is 2.11 bits per heavy atom. The molecule has 3 nitrogen and oxygen atoms in total. The van der Waals surface area contributed by atoms with Gasteiger partial charge in [-0.05, 0) is 24.3 Å². The molecule has 1 N–H and O–H groups in total. The van der Waals surface area contributed by atoms with Gasteiger partial charge in [-0.1, -0.05) is 0 Å². The molecule has 92 valence electrons. The van der Waals surface area contributed by atoms with E-state index in [4.69, 9.17) is 0 Å². The van der Waals surface area contributed by atoms with E-state index in [2.05, 4.69) is 15.0 Å². The average molecular weight is 269 g/mol. The Hall–Kier alpha value is -2.27. The number of hydrogen-bond donors (Lipinski definition) is 1. The molecule has 0 radical (unpaired) electrons. The number of benzene rings is 1. The quantitative estimate of drug-likeness (QED) is 0.568. The summed E-state index contributed by atoms with van der Waals surface area (Å²) in [5.74, 6) is -0.232. The van der Waals surface area contributed by atoms with Crippen LogP contribution < -0.4 is 0 Å². The van der Waals surface area contributed by atoms with Crippen LogP contribution in [0.25, 0.3) is 32.4 Å². The SMILES string of the molecule is Fc1ccc2[nH]c3c(-c4cncs4)nccc3c2c1. The van der Waals surface area contributed by atoms with Gasteiger partial charge in [0.25, 0.3) is 0 Å². The zero-order valence-electron chi connectivity index (χ0n) is 9.72. The number of H-pyrrole nitrogens is 1. The smallest absolute Gasteiger partial charge is 0.123 e. The summed E-state index contributed by atoms with van der Waals surface area (Å²) < 4.78 is 13.4. The molecule has 4 rings (SSSR count). The summed E-state index contributed by atoms with van der Waals surface area (Å²) in [5, 5.41) is 1.86. The monoisotopic (exact) mass is 269 g/mol. The summed E-state index contributed by atoms with van der Waals surface area (Å²) in [5.41, 5.74) is 4.47. The van der Waals surface area contributed by atoms with E-state index in [1.54, 1.807) is 30.0 Å². The number of pyridine rings is 1. The van der Waals surface area contributed by atoms with E-state index in [0.717, 1.165) is 32.4 Å². The third kappa shape index (κ3) is 1.55. The number of aromatic amines is 1. The molecule has 3 heterocycles. The van der Waals surface area contributed by atoms with Crippen LogP contribution in [-0.4, -0.2) is 15.0 Å². The molecule has 19 heavy (non-hydrogen) atoms. The van der Waals surface area contributed by atoms with Gasteiger partial charge in [0.05, 0.1) is 15.9 Å². The third-order valence-corrected chi connectivity index (χ3v) is 3.93. The lowest BCUT2D eigenvalue weighted by Crippen LogP contribution is -1.81. The number of rotatable bonds is 1. The Labute approximate surface area is 111 Å². The van der Waals surface area contributed by atoms with Crippen molar-refractivity contribution in [1.82, 2.24) is 15.0 Å². The molecule has 0 saturated carbocycles. The molecule has 0 atom stereocenters. The Balaban J connectivity index is 2.15. The van der Waals surface area contributed by atoms with Gasteiger partial charge in [-0.15, -0.1) is 11.3 Å². The largest absolute Gasteiger partial charge is 0.353 e. The summed E-state index contributed by atoms with van der Waals surface area (Å²) in [6, 6.07) is 6.65. The zero-order chi connectivity index (χ0) is 12.8. The van der Waals surface area contributed by atoms with Crippen molar-refractivity contribution in [1.29, 1.82) is 0 Å². The van der Waals surface area contributed by atoms with Gasteiger partial charge < -0.3 is 4.98 Å². The van der Waals surface area contributed by atoms with Crippen LogP contribution in [0.5, 0.6) is 0 Å². The molecule has 0 spiro atoms. The predicted octanol–water partition coefficient (Wildman–Crippen LogP) is 3.98. The number of thiazole rings is 1. The molecule has 0 amide bonds. The summed E-state index contributed by atoms with van der Waals surface area (Å²) >= 11 is 1.54. The van der Waals surface area contributed by atoms with E-state index < -0.39 is 0 Å². The summed E-state index contributed by atoms with van der Waals surface area (Å²) in [4.78, 5) is 12.8. The van der Waals surface area contributed by atoms with Crippen LogP contribution in [0.2, 0.25) is 0 Å². The first-order valence-electron chi connectivity index (χ1n) is 5.78. The Kier molecular flexibility index (Phi) is 2.16. The first-order chi connectivity index (χ1) is 9.33. The van der Waals surface area contributed by atoms with Gasteiger partial charge in [0.1, 0.15) is 11.5 Å². The fraction of sp³-hybridized carbons (Fsp3) is 0. The molecule has 4 aromatic rings. The van der Waals surface area contributed by atoms with Gasteiger partial charge in [-0.2, -0.15) is 0 Å². The molecule has 0 bridgehead atoms. The second-order valence-electron chi connectivity index (χ2n) is 4.26. The minimum atomic E-state index is -0.232. The lowest BCUT2D eigenvalue weighted by atomic mass is 10.1. The van der Waals surface area contributed by atoms with Gasteiger partial charge in [0.2, 0.25) is 0 Å². The number of hydrogen-bond acceptors (Lipinski definition) is 3. The van der Waals surface area contributed by atoms with Crippen LogP contribution in [-0.2, 0) is 0 Å². The highest BCUT2D eigenvalue weighted by molar-refractivity contribution is 7.13. The molecule has 0 aliphatic heterocycles. The highest BCUT2D eigenvalue weighted by atomic mass is 32.1. The molecule has 0 saturated heterocycles. The number of halogens is 1. The van der Waals surface area contributed by atoms with E-state index >= 15 is 0 Å². The van der Waals surface area contributed by atoms with Gasteiger partial charge in [0.15, 0.2) is 0 Å². The number of aromatic nitrogens is 3. The van der Waals surface area contributed by atoms with Crippen molar-refractivity contribution in [2.45, 2.75) is 0 Å². The molecular weight excluding hydrogens is 261 g/mol. The lowest BCUT2D eigenvalue weighted by molar-refractivity contribution is 0.630. The Bertz CT molecular complexity index is 880. The van der Waals surface area contributed by atoms with E-state index in [0.29, 0.717) is 0 Å². The summed E-state index contributed by atoms with van der Waals surface area (Å²) in [6.45, 7) is 0. The summed E-state index contributed by atoms with van der Waals surface area (Å²) in [7, 11) is 0. The van der Waals surface area contributed by atoms with Gasteiger partial charge in [-0.25, -0.2) is 4.39 Å². The Morgan fingerprint density at radius 1 is 1.16 bits per heavy atom. The maximum absolute atomic E-state index is 13.4. The number of nitrogens with one attached hydrogen (secondary N) is 1. The van der Waals surface area contributed by atoms with E-state index in [1.165, 1.54) is 17.4 Å². The highest BCUT2D eigenvalue weighted by Crippen LogP contribution is 2.33. The van der Waals surface area contributed by atoms with Crippen molar-refractivity contribution >= 4 is 33.1 Å². The fourth-order valence-electron chi connectivity index (χ4n) is 2.32. The second-order valence-corrected chi connectivity index (χ2v) is 5.15. The van der Waals surface area contributed by atoms with Crippen molar-refractivity contribution in [3.05, 3.63) is 48.0 Å². The van der Waals surface area contributed by atoms with Gasteiger partial charge in [-0.3, -0.25) is 9.97 Å². The molecule has 1 aromatic carbocycles. The first kappa shape index (κ1) is 10.6. The lowest BCUT2D eigenvalue weighted by Gasteiger charge is -1.97. The fourth-order valence-corrected chi connectivity index (χ4v) is 2.94. The minimum absolute atomic E-state index is 0.232. The first-order valence-corrected chi connectivity index (χ1v) is 6.66. The van der Waals surface area contributed by atoms with Crippen LogP contribution >= 0.6 is 11.3 Å². The van der Waals surface area contributed by atoms with Crippen LogP contribution in [0, 0.1) is 5.82 Å². The zero-order valence-corrected chi connectivity index (χ0v) is 10.5. The third-order valence-electron chi connectivity index (χ3n) is 3.15. The van der Waals surface area contributed by atoms with Crippen LogP contribution in [0.1, 0.15) is 0 Å². The molecule has 5 heteroatoms. The topological polar surface area (TPSA) is 41.6 Å². The van der Waals surface area contributed by atoms with Crippen LogP contribution in [0.3, 0.4) is 0 Å². The van der Waals surface area contributed by atoms with Crippen LogP contribution in [0.15, 0.2) is 42.2 Å². The molecule has 0 aliphatic carbocycles. The van der Waals surface area contributed by atoms with Crippen molar-refractivity contribution in [3.8, 4) is 10.6 Å². The van der Waals surface area contributed by atoms with Gasteiger partial charge >= 0.3 is 0 Å². The van der Waals surface area contributed by atoms with Crippen molar-refractivity contribution in [3.63, 3.8) is 0 Å². The molecule has 3 aromatic heterocycles. The number of nitrogens with zero attached hydrogens (tertiary/aromatic N) is 2. The average Bonchev–Trinajstić information content (AvgIpc) is 3.05. The van der Waals surface area contributed by atoms with Crippen molar-refractivity contribution in [2.75, 3.05) is 0 Å².